The molecule has 0 aromatic heterocycles. The Balaban J connectivity index is 2.15. The lowest BCUT2D eigenvalue weighted by molar-refractivity contribution is 0.316. The van der Waals surface area contributed by atoms with Crippen molar-refractivity contribution in [3.8, 4) is 0 Å². The summed E-state index contributed by atoms with van der Waals surface area (Å²) < 4.78 is 0. The summed E-state index contributed by atoms with van der Waals surface area (Å²) >= 11 is 1.97. The van der Waals surface area contributed by atoms with Gasteiger partial charge in [-0.05, 0) is 25.5 Å². The number of rotatable bonds is 5. The zero-order valence-corrected chi connectivity index (χ0v) is 10.1. The highest BCUT2D eigenvalue weighted by Crippen LogP contribution is 2.26. The highest BCUT2D eigenvalue weighted by atomic mass is 32.2. The van der Waals surface area contributed by atoms with E-state index in [1.54, 1.807) is 0 Å². The molecule has 0 aromatic rings. The number of nitrogens with two attached hydrogens (primary N) is 1. The first-order chi connectivity index (χ1) is 7.26. The summed E-state index contributed by atoms with van der Waals surface area (Å²) in [4.78, 5) is 0. The summed E-state index contributed by atoms with van der Waals surface area (Å²) in [5, 5.41) is 15.6. The maximum Gasteiger partial charge on any atom is 0.140 e. The van der Waals surface area contributed by atoms with E-state index in [2.05, 4.69) is 16.7 Å². The predicted octanol–water partition coefficient (Wildman–Crippen LogP) is 1.39. The monoisotopic (exact) mass is 231 g/mol. The van der Waals surface area contributed by atoms with Gasteiger partial charge in [-0.15, -0.1) is 0 Å². The molecule has 0 aliphatic heterocycles. The first-order valence-corrected chi connectivity index (χ1v) is 6.77. The molecule has 15 heavy (non-hydrogen) atoms. The molecule has 4 nitrogen and oxygen atoms in total. The SMILES string of the molecule is CSC1CCCC(NCCC(N)=NO)C1. The number of hydrogen-bond acceptors (Lipinski definition) is 4. The topological polar surface area (TPSA) is 70.6 Å². The number of nitrogens with zero attached hydrogens (tertiary/aromatic N) is 1. The average molecular weight is 231 g/mol. The zero-order chi connectivity index (χ0) is 11.1. The summed E-state index contributed by atoms with van der Waals surface area (Å²) in [6.45, 7) is 0.807. The van der Waals surface area contributed by atoms with Crippen LogP contribution in [0.25, 0.3) is 0 Å². The second-order valence-corrected chi connectivity index (χ2v) is 5.15. The van der Waals surface area contributed by atoms with Gasteiger partial charge in [0.15, 0.2) is 0 Å². The Hall–Kier alpha value is -0.420. The van der Waals surface area contributed by atoms with Crippen LogP contribution in [0.2, 0.25) is 0 Å². The maximum atomic E-state index is 8.38. The standard InChI is InChI=1S/C10H21N3OS/c1-15-9-4-2-3-8(7-9)12-6-5-10(11)13-14/h8-9,12,14H,2-7H2,1H3,(H2,11,13). The Kier molecular flexibility index (Phi) is 5.86. The molecule has 88 valence electrons. The van der Waals surface area contributed by atoms with E-state index in [-0.39, 0.29) is 0 Å². The van der Waals surface area contributed by atoms with E-state index in [9.17, 15) is 0 Å². The Morgan fingerprint density at radius 2 is 2.40 bits per heavy atom. The van der Waals surface area contributed by atoms with Crippen LogP contribution >= 0.6 is 11.8 Å². The smallest absolute Gasteiger partial charge is 0.140 e. The highest BCUT2D eigenvalue weighted by molar-refractivity contribution is 7.99. The summed E-state index contributed by atoms with van der Waals surface area (Å²) in [5.74, 6) is 0.305. The van der Waals surface area contributed by atoms with Crippen LogP contribution in [0.5, 0.6) is 0 Å². The van der Waals surface area contributed by atoms with Gasteiger partial charge in [0, 0.05) is 24.3 Å². The molecular formula is C10H21N3OS. The van der Waals surface area contributed by atoms with Crippen LogP contribution in [0.4, 0.5) is 0 Å². The fourth-order valence-electron chi connectivity index (χ4n) is 2.00. The first kappa shape index (κ1) is 12.6. The molecular weight excluding hydrogens is 210 g/mol. The molecule has 0 spiro atoms. The molecule has 4 N–H and O–H groups in total. The van der Waals surface area contributed by atoms with Gasteiger partial charge in [-0.25, -0.2) is 0 Å². The summed E-state index contributed by atoms with van der Waals surface area (Å²) in [6.07, 6.45) is 7.97. The number of hydrogen-bond donors (Lipinski definition) is 3. The second kappa shape index (κ2) is 6.95. The minimum absolute atomic E-state index is 0.305. The number of nitrogens with one attached hydrogen (secondary N) is 1. The van der Waals surface area contributed by atoms with Crippen LogP contribution in [0.3, 0.4) is 0 Å². The van der Waals surface area contributed by atoms with Gasteiger partial charge in [0.05, 0.1) is 0 Å². The van der Waals surface area contributed by atoms with Crippen molar-refractivity contribution in [2.75, 3.05) is 12.8 Å². The van der Waals surface area contributed by atoms with E-state index in [0.717, 1.165) is 11.8 Å². The number of amidine groups is 1. The van der Waals surface area contributed by atoms with E-state index in [1.165, 1.54) is 25.7 Å². The van der Waals surface area contributed by atoms with Gasteiger partial charge in [0.2, 0.25) is 0 Å². The van der Waals surface area contributed by atoms with E-state index < -0.39 is 0 Å². The van der Waals surface area contributed by atoms with Gasteiger partial charge in [-0.2, -0.15) is 11.8 Å². The molecule has 1 aliphatic carbocycles. The van der Waals surface area contributed by atoms with Gasteiger partial charge in [-0.1, -0.05) is 11.6 Å². The van der Waals surface area contributed by atoms with Gasteiger partial charge < -0.3 is 16.3 Å². The quantitative estimate of drug-likeness (QED) is 0.289. The maximum absolute atomic E-state index is 8.38. The normalized spacial score (nSPS) is 27.9. The third-order valence-electron chi connectivity index (χ3n) is 2.90. The Bertz CT molecular complexity index is 211. The third kappa shape index (κ3) is 4.75. The summed E-state index contributed by atoms with van der Waals surface area (Å²) in [5.41, 5.74) is 5.40. The van der Waals surface area contributed by atoms with Crippen molar-refractivity contribution >= 4 is 17.6 Å². The predicted molar refractivity (Wildman–Crippen MR) is 65.6 cm³/mol. The van der Waals surface area contributed by atoms with E-state index in [1.807, 2.05) is 11.8 Å². The zero-order valence-electron chi connectivity index (χ0n) is 9.28. The average Bonchev–Trinajstić information content (AvgIpc) is 2.29. The summed E-state index contributed by atoms with van der Waals surface area (Å²) in [6, 6.07) is 0.614. The van der Waals surface area contributed by atoms with Crippen LogP contribution in [-0.4, -0.2) is 35.1 Å². The first-order valence-electron chi connectivity index (χ1n) is 5.49. The van der Waals surface area contributed by atoms with Gasteiger partial charge >= 0.3 is 0 Å². The minimum atomic E-state index is 0.305. The van der Waals surface area contributed by atoms with Crippen LogP contribution in [0.15, 0.2) is 5.16 Å². The molecule has 0 saturated heterocycles. The van der Waals surface area contributed by atoms with Crippen molar-refractivity contribution in [2.24, 2.45) is 10.9 Å². The fourth-order valence-corrected chi connectivity index (χ4v) is 2.83. The van der Waals surface area contributed by atoms with Gasteiger partial charge in [0.25, 0.3) is 0 Å². The fraction of sp³-hybridized carbons (Fsp3) is 0.900. The van der Waals surface area contributed by atoms with Crippen molar-refractivity contribution in [3.05, 3.63) is 0 Å². The lowest BCUT2D eigenvalue weighted by Crippen LogP contribution is -2.36. The van der Waals surface area contributed by atoms with Crippen LogP contribution in [0.1, 0.15) is 32.1 Å². The molecule has 5 heteroatoms. The van der Waals surface area contributed by atoms with Gasteiger partial charge in [-0.3, -0.25) is 0 Å². The van der Waals surface area contributed by atoms with E-state index in [4.69, 9.17) is 10.9 Å². The van der Waals surface area contributed by atoms with Crippen LogP contribution in [0, 0.1) is 0 Å². The molecule has 1 rings (SSSR count). The van der Waals surface area contributed by atoms with E-state index >= 15 is 0 Å². The van der Waals surface area contributed by atoms with Crippen molar-refractivity contribution in [2.45, 2.75) is 43.4 Å². The highest BCUT2D eigenvalue weighted by Gasteiger charge is 2.20. The minimum Gasteiger partial charge on any atom is -0.409 e. The molecule has 2 unspecified atom stereocenters. The molecule has 1 saturated carbocycles. The third-order valence-corrected chi connectivity index (χ3v) is 4.00. The molecule has 0 amide bonds. The molecule has 1 aliphatic rings. The van der Waals surface area contributed by atoms with Gasteiger partial charge in [0.1, 0.15) is 5.84 Å². The Morgan fingerprint density at radius 3 is 3.07 bits per heavy atom. The molecule has 1 fully saturated rings. The number of oxime groups is 1. The summed E-state index contributed by atoms with van der Waals surface area (Å²) in [7, 11) is 0. The van der Waals surface area contributed by atoms with Crippen molar-refractivity contribution in [3.63, 3.8) is 0 Å². The molecule has 0 aromatic carbocycles. The largest absolute Gasteiger partial charge is 0.409 e. The molecule has 0 heterocycles. The lowest BCUT2D eigenvalue weighted by Gasteiger charge is -2.28. The second-order valence-electron chi connectivity index (χ2n) is 4.02. The van der Waals surface area contributed by atoms with E-state index in [0.29, 0.717) is 18.3 Å². The molecule has 2 atom stereocenters. The van der Waals surface area contributed by atoms with Crippen LogP contribution < -0.4 is 11.1 Å². The molecule has 0 bridgehead atoms. The van der Waals surface area contributed by atoms with Crippen molar-refractivity contribution in [1.82, 2.24) is 5.32 Å². The Labute approximate surface area is 95.7 Å². The molecule has 0 radical (unpaired) electrons. The Morgan fingerprint density at radius 1 is 1.60 bits per heavy atom. The van der Waals surface area contributed by atoms with Crippen molar-refractivity contribution in [1.29, 1.82) is 0 Å². The van der Waals surface area contributed by atoms with Crippen LogP contribution in [-0.2, 0) is 0 Å². The number of thioether (sulfide) groups is 1. The lowest BCUT2D eigenvalue weighted by atomic mass is 9.95. The van der Waals surface area contributed by atoms with Crippen molar-refractivity contribution < 1.29 is 5.21 Å².